The molecular weight excluding hydrogens is 440 g/mol. The van der Waals surface area contributed by atoms with Crippen LogP contribution in [0.5, 0.6) is 0 Å². The first-order valence-electron chi connectivity index (χ1n) is 12.4. The lowest BCUT2D eigenvalue weighted by atomic mass is 9.78. The Hall–Kier alpha value is -3.58. The first-order chi connectivity index (χ1) is 17.1. The number of piperidine rings is 3. The molecule has 0 unspecified atom stereocenters. The van der Waals surface area contributed by atoms with Crippen LogP contribution in [-0.2, 0) is 20.7 Å². The molecule has 3 aliphatic heterocycles. The number of rotatable bonds is 5. The molecule has 0 spiro atoms. The zero-order valence-corrected chi connectivity index (χ0v) is 19.6. The van der Waals surface area contributed by atoms with Crippen LogP contribution in [0.15, 0.2) is 67.3 Å². The van der Waals surface area contributed by atoms with Crippen LogP contribution in [0.4, 0.5) is 5.69 Å². The van der Waals surface area contributed by atoms with Gasteiger partial charge in [-0.3, -0.25) is 9.59 Å². The molecule has 4 heterocycles. The lowest BCUT2D eigenvalue weighted by Crippen LogP contribution is -2.66. The van der Waals surface area contributed by atoms with Crippen molar-refractivity contribution in [2.75, 3.05) is 31.5 Å². The number of ether oxygens (including phenoxy) is 1. The van der Waals surface area contributed by atoms with Crippen LogP contribution in [0.25, 0.3) is 0 Å². The van der Waals surface area contributed by atoms with Crippen LogP contribution in [0, 0.1) is 5.92 Å². The lowest BCUT2D eigenvalue weighted by molar-refractivity contribution is -0.938. The fourth-order valence-corrected chi connectivity index (χ4v) is 6.24. The summed E-state index contributed by atoms with van der Waals surface area (Å²) in [5.41, 5.74) is 5.07. The molecule has 7 nitrogen and oxygen atoms in total. The number of hydrogen-bond acceptors (Lipinski definition) is 5. The molecule has 1 aliphatic carbocycles. The lowest BCUT2D eigenvalue weighted by Gasteiger charge is -2.51. The zero-order valence-electron chi connectivity index (χ0n) is 19.6. The van der Waals surface area contributed by atoms with Crippen molar-refractivity contribution >= 4 is 17.6 Å². The second kappa shape index (κ2) is 8.89. The van der Waals surface area contributed by atoms with E-state index in [1.807, 2.05) is 24.3 Å². The highest BCUT2D eigenvalue weighted by molar-refractivity contribution is 5.91. The molecule has 2 bridgehead atoms. The van der Waals surface area contributed by atoms with Crippen molar-refractivity contribution in [2.24, 2.45) is 5.92 Å². The van der Waals surface area contributed by atoms with E-state index in [0.717, 1.165) is 43.5 Å². The smallest absolute Gasteiger partial charge is 0.318 e. The average Bonchev–Trinajstić information content (AvgIpc) is 2.88. The summed E-state index contributed by atoms with van der Waals surface area (Å²) in [7, 11) is 0. The SMILES string of the molecule is O=C(C[N+]12CCC(CC1)[C@@H](OC(=O)C1c3ccccc3Cc3ccccc31)C2)Nc1cncnc1. The van der Waals surface area contributed by atoms with Crippen molar-refractivity contribution < 1.29 is 18.8 Å². The summed E-state index contributed by atoms with van der Waals surface area (Å²) in [6.45, 7) is 2.93. The van der Waals surface area contributed by atoms with Crippen LogP contribution in [0.2, 0.25) is 0 Å². The summed E-state index contributed by atoms with van der Waals surface area (Å²) >= 11 is 0. The van der Waals surface area contributed by atoms with Gasteiger partial charge in [0.2, 0.25) is 0 Å². The largest absolute Gasteiger partial charge is 0.455 e. The van der Waals surface area contributed by atoms with Gasteiger partial charge < -0.3 is 14.5 Å². The number of esters is 1. The monoisotopic (exact) mass is 469 g/mol. The summed E-state index contributed by atoms with van der Waals surface area (Å²) in [5.74, 6) is -0.271. The Labute approximate surface area is 204 Å². The van der Waals surface area contributed by atoms with Gasteiger partial charge in [-0.25, -0.2) is 9.97 Å². The molecule has 7 heteroatoms. The third-order valence-electron chi connectivity index (χ3n) is 7.98. The maximum atomic E-state index is 13.7. The Bertz CT molecular complexity index is 1210. The predicted octanol–water partition coefficient (Wildman–Crippen LogP) is 3.30. The number of nitrogens with one attached hydrogen (secondary N) is 1. The molecule has 178 valence electrons. The molecule has 1 amide bonds. The topological polar surface area (TPSA) is 81.2 Å². The molecule has 3 saturated heterocycles. The minimum Gasteiger partial charge on any atom is -0.455 e. The minimum atomic E-state index is -0.401. The molecule has 4 aliphatic rings. The molecular formula is C28H29N4O3+. The van der Waals surface area contributed by atoms with Gasteiger partial charge in [0.1, 0.15) is 18.8 Å². The van der Waals surface area contributed by atoms with E-state index in [4.69, 9.17) is 4.74 Å². The van der Waals surface area contributed by atoms with Gasteiger partial charge in [0.15, 0.2) is 12.6 Å². The number of hydrogen-bond donors (Lipinski definition) is 1. The third kappa shape index (κ3) is 4.21. The van der Waals surface area contributed by atoms with Crippen LogP contribution in [0.1, 0.15) is 41.0 Å². The molecule has 2 aromatic carbocycles. The standard InChI is InChI=1S/C28H28N4O3/c33-26(31-22-14-29-18-30-15-22)17-32-11-9-19(10-12-32)25(16-32)35-28(34)27-23-7-3-1-5-20(23)13-21-6-2-4-8-24(21)27/h1-8,14-15,18-19,25,27H,9-13,16-17H2/p+1/t19?,25-,32?/m0/s1. The van der Waals surface area contributed by atoms with Crippen LogP contribution >= 0.6 is 0 Å². The van der Waals surface area contributed by atoms with Crippen LogP contribution < -0.4 is 5.32 Å². The first-order valence-corrected chi connectivity index (χ1v) is 12.4. The van der Waals surface area contributed by atoms with Crippen molar-refractivity contribution in [1.29, 1.82) is 0 Å². The molecule has 35 heavy (non-hydrogen) atoms. The van der Waals surface area contributed by atoms with Crippen molar-refractivity contribution in [3.05, 3.63) is 89.5 Å². The van der Waals surface area contributed by atoms with Gasteiger partial charge in [0, 0.05) is 18.8 Å². The summed E-state index contributed by atoms with van der Waals surface area (Å²) in [4.78, 5) is 34.5. The maximum Gasteiger partial charge on any atom is 0.318 e. The summed E-state index contributed by atoms with van der Waals surface area (Å²) < 4.78 is 6.96. The fraction of sp³-hybridized carbons (Fsp3) is 0.357. The molecule has 1 atom stereocenters. The quantitative estimate of drug-likeness (QED) is 0.458. The highest BCUT2D eigenvalue weighted by Crippen LogP contribution is 2.40. The Morgan fingerprint density at radius 3 is 2.23 bits per heavy atom. The number of aromatic nitrogens is 2. The zero-order chi connectivity index (χ0) is 23.8. The summed E-state index contributed by atoms with van der Waals surface area (Å²) in [6.07, 6.45) is 7.24. The molecule has 0 radical (unpaired) electrons. The van der Waals surface area contributed by atoms with Gasteiger partial charge >= 0.3 is 5.97 Å². The third-order valence-corrected chi connectivity index (χ3v) is 7.98. The first kappa shape index (κ1) is 21.9. The van der Waals surface area contributed by atoms with E-state index >= 15 is 0 Å². The van der Waals surface area contributed by atoms with E-state index < -0.39 is 5.92 Å². The molecule has 3 fully saturated rings. The molecule has 1 aromatic heterocycles. The van der Waals surface area contributed by atoms with E-state index in [2.05, 4.69) is 39.6 Å². The van der Waals surface area contributed by atoms with Crippen molar-refractivity contribution in [3.63, 3.8) is 0 Å². The number of carbonyl (C=O) groups is 2. The number of carbonyl (C=O) groups excluding carboxylic acids is 2. The number of anilines is 1. The molecule has 3 aromatic rings. The van der Waals surface area contributed by atoms with Gasteiger partial charge in [-0.15, -0.1) is 0 Å². The highest BCUT2D eigenvalue weighted by Gasteiger charge is 2.49. The molecule has 7 rings (SSSR count). The van der Waals surface area contributed by atoms with Gasteiger partial charge in [0.05, 0.1) is 31.2 Å². The number of benzene rings is 2. The molecule has 0 saturated carbocycles. The number of nitrogens with zero attached hydrogens (tertiary/aromatic N) is 3. The second-order valence-electron chi connectivity index (χ2n) is 10.1. The Morgan fingerprint density at radius 2 is 1.57 bits per heavy atom. The average molecular weight is 470 g/mol. The van der Waals surface area contributed by atoms with Crippen LogP contribution in [0.3, 0.4) is 0 Å². The number of fused-ring (bicyclic) bond motifs is 5. The van der Waals surface area contributed by atoms with Crippen molar-refractivity contribution in [3.8, 4) is 0 Å². The van der Waals surface area contributed by atoms with E-state index in [-0.39, 0.29) is 18.0 Å². The van der Waals surface area contributed by atoms with Crippen molar-refractivity contribution in [2.45, 2.75) is 31.3 Å². The molecule has 1 N–H and O–H groups in total. The normalized spacial score (nSPS) is 24.8. The fourth-order valence-electron chi connectivity index (χ4n) is 6.24. The minimum absolute atomic E-state index is 0.0552. The second-order valence-corrected chi connectivity index (χ2v) is 10.1. The predicted molar refractivity (Wildman–Crippen MR) is 131 cm³/mol. The van der Waals surface area contributed by atoms with E-state index in [1.165, 1.54) is 17.5 Å². The highest BCUT2D eigenvalue weighted by atomic mass is 16.5. The van der Waals surface area contributed by atoms with Gasteiger partial charge in [0.25, 0.3) is 5.91 Å². The maximum absolute atomic E-state index is 13.7. The van der Waals surface area contributed by atoms with Gasteiger partial charge in [-0.05, 0) is 28.7 Å². The van der Waals surface area contributed by atoms with E-state index in [0.29, 0.717) is 29.2 Å². The number of quaternary nitrogens is 1. The number of amides is 1. The van der Waals surface area contributed by atoms with E-state index in [1.54, 1.807) is 12.4 Å². The summed E-state index contributed by atoms with van der Waals surface area (Å²) in [5, 5.41) is 2.91. The van der Waals surface area contributed by atoms with Crippen molar-refractivity contribution in [1.82, 2.24) is 9.97 Å². The van der Waals surface area contributed by atoms with E-state index in [9.17, 15) is 9.59 Å². The van der Waals surface area contributed by atoms with Crippen LogP contribution in [-0.4, -0.2) is 58.6 Å². The summed E-state index contributed by atoms with van der Waals surface area (Å²) in [6, 6.07) is 16.4. The van der Waals surface area contributed by atoms with Gasteiger partial charge in [-0.1, -0.05) is 48.5 Å². The van der Waals surface area contributed by atoms with Gasteiger partial charge in [-0.2, -0.15) is 0 Å². The Balaban J connectivity index is 1.19. The Morgan fingerprint density at radius 1 is 0.943 bits per heavy atom. The Kier molecular flexibility index (Phi) is 5.57.